The Balaban J connectivity index is 1.66. The Hall–Kier alpha value is -4.45. The minimum atomic E-state index is -4.27. The molecule has 2 aromatic carbocycles. The minimum absolute atomic E-state index is 0.00673. The number of nitriles is 1. The number of pyridine rings is 1. The third-order valence-electron chi connectivity index (χ3n) is 7.42. The van der Waals surface area contributed by atoms with Gasteiger partial charge < -0.3 is 5.32 Å². The van der Waals surface area contributed by atoms with Crippen molar-refractivity contribution in [2.24, 2.45) is 5.14 Å². The van der Waals surface area contributed by atoms with E-state index in [4.69, 9.17) is 16.7 Å². The third kappa shape index (κ3) is 6.26. The van der Waals surface area contributed by atoms with E-state index in [0.29, 0.717) is 0 Å². The number of hydrogen-bond acceptors (Lipinski definition) is 7. The van der Waals surface area contributed by atoms with Gasteiger partial charge in [0.2, 0.25) is 21.8 Å². The van der Waals surface area contributed by atoms with Gasteiger partial charge in [-0.25, -0.2) is 27.3 Å². The summed E-state index contributed by atoms with van der Waals surface area (Å²) in [6.07, 6.45) is 0.0271. The quantitative estimate of drug-likeness (QED) is 0.380. The van der Waals surface area contributed by atoms with E-state index in [9.17, 15) is 36.8 Å². The molecule has 1 aliphatic heterocycles. The highest BCUT2D eigenvalue weighted by molar-refractivity contribution is 7.89. The molecule has 1 saturated heterocycles. The molecule has 2 atom stereocenters. The van der Waals surface area contributed by atoms with Gasteiger partial charge in [0.15, 0.2) is 0 Å². The Labute approximate surface area is 256 Å². The zero-order chi connectivity index (χ0) is 31.8. The lowest BCUT2D eigenvalue weighted by Gasteiger charge is -2.39. The molecule has 44 heavy (non-hydrogen) atoms. The molecule has 3 N–H and O–H groups in total. The third-order valence-corrected chi connectivity index (χ3v) is 8.68. The minimum Gasteiger partial charge on any atom is -0.351 e. The van der Waals surface area contributed by atoms with Gasteiger partial charge in [0.05, 0.1) is 16.5 Å². The number of carbonyl (C=O) groups excluding carboxylic acids is 3. The summed E-state index contributed by atoms with van der Waals surface area (Å²) in [4.78, 5) is 47.5. The van der Waals surface area contributed by atoms with E-state index in [0.717, 1.165) is 15.9 Å². The van der Waals surface area contributed by atoms with Crippen molar-refractivity contribution in [3.63, 3.8) is 0 Å². The van der Waals surface area contributed by atoms with Gasteiger partial charge >= 0.3 is 0 Å². The van der Waals surface area contributed by atoms with Gasteiger partial charge in [0.1, 0.15) is 17.9 Å². The topological polar surface area (TPSA) is 167 Å². The Bertz CT molecular complexity index is 1790. The Morgan fingerprint density at radius 3 is 2.55 bits per heavy atom. The Kier molecular flexibility index (Phi) is 8.39. The van der Waals surface area contributed by atoms with Gasteiger partial charge in [-0.3, -0.25) is 24.2 Å². The van der Waals surface area contributed by atoms with E-state index < -0.39 is 64.6 Å². The first-order valence-electron chi connectivity index (χ1n) is 13.4. The molecule has 2 unspecified atom stereocenters. The molecule has 1 aromatic heterocycles. The summed E-state index contributed by atoms with van der Waals surface area (Å²) in [5.74, 6) is -5.07. The number of halogens is 3. The van der Waals surface area contributed by atoms with Crippen molar-refractivity contribution in [2.45, 2.75) is 54.6 Å². The van der Waals surface area contributed by atoms with Crippen molar-refractivity contribution < 1.29 is 31.6 Å². The van der Waals surface area contributed by atoms with Crippen LogP contribution >= 0.6 is 11.6 Å². The summed E-state index contributed by atoms with van der Waals surface area (Å²) in [6, 6.07) is 12.1. The van der Waals surface area contributed by atoms with E-state index in [-0.39, 0.29) is 45.4 Å². The number of nitrogens with two attached hydrogens (primary N) is 1. The summed E-state index contributed by atoms with van der Waals surface area (Å²) in [5, 5.41) is 17.4. The highest BCUT2D eigenvalue weighted by Crippen LogP contribution is 2.40. The second-order valence-electron chi connectivity index (χ2n) is 10.5. The summed E-state index contributed by atoms with van der Waals surface area (Å²) >= 11 is 6.51. The first-order chi connectivity index (χ1) is 20.8. The maximum atomic E-state index is 14.6. The summed E-state index contributed by atoms with van der Waals surface area (Å²) in [7, 11) is -4.27. The van der Waals surface area contributed by atoms with E-state index in [1.54, 1.807) is 12.1 Å². The average Bonchev–Trinajstić information content (AvgIpc) is 3.36. The second-order valence-corrected chi connectivity index (χ2v) is 12.4. The standard InChI is InChI=1S/C29H25ClF2N6O5S/c30-22-7-2-1-6-21(22)26(27(40)36-18-14-29(31,32)15-18)37(19-4-3-5-20(13-19)44(34,42)43)28(41)23-8-9-25(39)38(23)24-12-17(16-33)10-11-35-24/h1-7,10-13,18,23,26H,8-9,14-15H2,(H,36,40)(H2,34,42,43). The van der Waals surface area contributed by atoms with Crippen molar-refractivity contribution in [3.05, 3.63) is 83.0 Å². The lowest BCUT2D eigenvalue weighted by atomic mass is 9.87. The molecule has 1 aliphatic carbocycles. The average molecular weight is 643 g/mol. The monoisotopic (exact) mass is 642 g/mol. The Morgan fingerprint density at radius 1 is 1.16 bits per heavy atom. The van der Waals surface area contributed by atoms with E-state index in [1.807, 2.05) is 6.07 Å². The predicted octanol–water partition coefficient (Wildman–Crippen LogP) is 3.44. The molecule has 11 nitrogen and oxygen atoms in total. The summed E-state index contributed by atoms with van der Waals surface area (Å²) < 4.78 is 51.9. The van der Waals surface area contributed by atoms with Crippen molar-refractivity contribution in [3.8, 4) is 6.07 Å². The first-order valence-corrected chi connectivity index (χ1v) is 15.3. The SMILES string of the molecule is N#Cc1ccnc(N2C(=O)CCC2C(=O)N(c2cccc(S(N)(=O)=O)c2)C(C(=O)NC2CC(F)(F)C2)c2ccccc2Cl)c1. The molecule has 0 spiro atoms. The normalized spacial score (nSPS) is 18.7. The molecule has 5 rings (SSSR count). The second kappa shape index (κ2) is 11.9. The number of nitrogens with zero attached hydrogens (tertiary/aromatic N) is 4. The van der Waals surface area contributed by atoms with Crippen LogP contribution in [-0.2, 0) is 24.4 Å². The molecule has 2 fully saturated rings. The maximum absolute atomic E-state index is 14.6. The molecule has 2 heterocycles. The molecular formula is C29H25ClF2N6O5S. The van der Waals surface area contributed by atoms with Crippen LogP contribution in [0, 0.1) is 11.3 Å². The lowest BCUT2D eigenvalue weighted by Crippen LogP contribution is -2.56. The zero-order valence-corrected chi connectivity index (χ0v) is 24.4. The van der Waals surface area contributed by atoms with Crippen LogP contribution in [0.1, 0.15) is 42.9 Å². The van der Waals surface area contributed by atoms with Gasteiger partial charge in [-0.15, -0.1) is 0 Å². The maximum Gasteiger partial charge on any atom is 0.252 e. The number of primary sulfonamides is 1. The van der Waals surface area contributed by atoms with Gasteiger partial charge in [-0.2, -0.15) is 5.26 Å². The number of alkyl halides is 2. The summed E-state index contributed by atoms with van der Waals surface area (Å²) in [6.45, 7) is 0. The molecule has 3 aromatic rings. The molecular weight excluding hydrogens is 618 g/mol. The van der Waals surface area contributed by atoms with Gasteiger partial charge in [-0.05, 0) is 42.8 Å². The van der Waals surface area contributed by atoms with Gasteiger partial charge in [0, 0.05) is 47.8 Å². The van der Waals surface area contributed by atoms with Gasteiger partial charge in [0.25, 0.3) is 11.8 Å². The number of anilines is 2. The van der Waals surface area contributed by atoms with Crippen LogP contribution in [0.4, 0.5) is 20.3 Å². The Morgan fingerprint density at radius 2 is 1.89 bits per heavy atom. The number of aromatic nitrogens is 1. The fraction of sp³-hybridized carbons (Fsp3) is 0.276. The number of sulfonamides is 1. The molecule has 0 radical (unpaired) electrons. The fourth-order valence-electron chi connectivity index (χ4n) is 5.34. The fourth-order valence-corrected chi connectivity index (χ4v) is 6.13. The highest BCUT2D eigenvalue weighted by atomic mass is 35.5. The van der Waals surface area contributed by atoms with Crippen LogP contribution in [-0.4, -0.2) is 49.1 Å². The number of rotatable bonds is 8. The smallest absolute Gasteiger partial charge is 0.252 e. The predicted molar refractivity (Wildman–Crippen MR) is 155 cm³/mol. The number of amides is 3. The van der Waals surface area contributed by atoms with Crippen molar-refractivity contribution in [1.29, 1.82) is 5.26 Å². The molecule has 228 valence electrons. The van der Waals surface area contributed by atoms with Crippen LogP contribution in [0.3, 0.4) is 0 Å². The van der Waals surface area contributed by atoms with E-state index in [1.165, 1.54) is 48.7 Å². The van der Waals surface area contributed by atoms with E-state index >= 15 is 0 Å². The van der Waals surface area contributed by atoms with Crippen LogP contribution in [0.5, 0.6) is 0 Å². The van der Waals surface area contributed by atoms with Crippen LogP contribution in [0.15, 0.2) is 71.8 Å². The largest absolute Gasteiger partial charge is 0.351 e. The molecule has 2 aliphatic rings. The van der Waals surface area contributed by atoms with Crippen LogP contribution < -0.4 is 20.3 Å². The number of carbonyl (C=O) groups is 3. The zero-order valence-electron chi connectivity index (χ0n) is 22.9. The number of benzene rings is 2. The van der Waals surface area contributed by atoms with E-state index in [2.05, 4.69) is 10.3 Å². The van der Waals surface area contributed by atoms with Crippen LogP contribution in [0.2, 0.25) is 5.02 Å². The number of nitrogens with one attached hydrogen (secondary N) is 1. The summed E-state index contributed by atoms with van der Waals surface area (Å²) in [5.41, 5.74) is 0.218. The first kappa shape index (κ1) is 31.0. The van der Waals surface area contributed by atoms with Crippen molar-refractivity contribution in [2.75, 3.05) is 9.80 Å². The molecule has 15 heteroatoms. The lowest BCUT2D eigenvalue weighted by molar-refractivity contribution is -0.133. The highest BCUT2D eigenvalue weighted by Gasteiger charge is 2.48. The molecule has 3 amide bonds. The van der Waals surface area contributed by atoms with Crippen LogP contribution in [0.25, 0.3) is 0 Å². The van der Waals surface area contributed by atoms with Crippen molar-refractivity contribution >= 4 is 50.9 Å². The number of hydrogen-bond donors (Lipinski definition) is 2. The van der Waals surface area contributed by atoms with Crippen molar-refractivity contribution in [1.82, 2.24) is 10.3 Å². The molecule has 0 bridgehead atoms. The molecule has 1 saturated carbocycles. The van der Waals surface area contributed by atoms with Gasteiger partial charge in [-0.1, -0.05) is 35.9 Å².